The van der Waals surface area contributed by atoms with Gasteiger partial charge in [-0.05, 0) is 0 Å². The van der Waals surface area contributed by atoms with Crippen LogP contribution in [-0.2, 0) is 18.8 Å². The van der Waals surface area contributed by atoms with Crippen molar-refractivity contribution < 1.29 is 21.9 Å². The van der Waals surface area contributed by atoms with E-state index >= 15 is 0 Å². The molecule has 2 N–H and O–H groups in total. The zero-order valence-electron chi connectivity index (χ0n) is 5.14. The molecule has 7 nitrogen and oxygen atoms in total. The van der Waals surface area contributed by atoms with Gasteiger partial charge < -0.3 is 5.11 Å². The highest BCUT2D eigenvalue weighted by Gasteiger charge is 2.53. The Bertz CT molecular complexity index is 277. The number of aliphatic hydroxyl groups excluding tert-OH is 1. The fraction of sp³-hybridized carbons (Fsp3) is 0.667. The summed E-state index contributed by atoms with van der Waals surface area (Å²) in [7, 11) is -4.02. The predicted octanol–water partition coefficient (Wildman–Crippen LogP) is -2.01. The van der Waals surface area contributed by atoms with Gasteiger partial charge in [0, 0.05) is 0 Å². The molecule has 0 amide bonds. The van der Waals surface area contributed by atoms with Crippen LogP contribution in [0.15, 0.2) is 0 Å². The number of nitriles is 1. The maximum absolute atomic E-state index is 10.2. The molecule has 0 bridgehead atoms. The fourth-order valence-electron chi connectivity index (χ4n) is 0.534. The van der Waals surface area contributed by atoms with Crippen molar-refractivity contribution in [1.29, 1.82) is 5.26 Å². The van der Waals surface area contributed by atoms with E-state index < -0.39 is 23.0 Å². The van der Waals surface area contributed by atoms with Gasteiger partial charge in [0.1, 0.15) is 6.07 Å². The highest BCUT2D eigenvalue weighted by atomic mass is 32.3. The third-order valence-corrected chi connectivity index (χ3v) is 1.78. The average Bonchev–Trinajstić information content (AvgIpc) is 1.84. The minimum atomic E-state index is -4.02. The highest BCUT2D eigenvalue weighted by molar-refractivity contribution is 7.82. The van der Waals surface area contributed by atoms with E-state index in [0.717, 1.165) is 0 Å². The third kappa shape index (κ3) is 1.47. The molecule has 8 heteroatoms. The Balaban J connectivity index is 2.66. The van der Waals surface area contributed by atoms with Crippen molar-refractivity contribution in [3.63, 3.8) is 0 Å². The SMILES string of the molecule is N#CC1(NCO)OS(=O)(=O)O1. The molecule has 1 aliphatic heterocycles. The molecule has 0 atom stereocenters. The quantitative estimate of drug-likeness (QED) is 0.473. The second-order valence-electron chi connectivity index (χ2n) is 1.64. The molecule has 0 aromatic heterocycles. The van der Waals surface area contributed by atoms with Crippen LogP contribution in [-0.4, -0.2) is 26.2 Å². The van der Waals surface area contributed by atoms with E-state index in [1.54, 1.807) is 0 Å². The molecule has 1 saturated heterocycles. The zero-order valence-corrected chi connectivity index (χ0v) is 5.96. The minimum Gasteiger partial charge on any atom is -0.381 e. The van der Waals surface area contributed by atoms with Crippen LogP contribution in [0.1, 0.15) is 0 Å². The zero-order chi connectivity index (χ0) is 8.54. The van der Waals surface area contributed by atoms with Gasteiger partial charge in [0.25, 0.3) is 0 Å². The number of nitrogens with zero attached hydrogens (tertiary/aromatic N) is 1. The van der Waals surface area contributed by atoms with Gasteiger partial charge in [0.05, 0.1) is 6.73 Å². The smallest absolute Gasteiger partial charge is 0.381 e. The van der Waals surface area contributed by atoms with E-state index in [4.69, 9.17) is 10.4 Å². The first-order valence-electron chi connectivity index (χ1n) is 2.47. The lowest BCUT2D eigenvalue weighted by Gasteiger charge is -2.32. The summed E-state index contributed by atoms with van der Waals surface area (Å²) >= 11 is 0. The predicted molar refractivity (Wildman–Crippen MR) is 29.7 cm³/mol. The Labute approximate surface area is 62.5 Å². The van der Waals surface area contributed by atoms with Gasteiger partial charge in [0.15, 0.2) is 0 Å². The Kier molecular flexibility index (Phi) is 1.83. The van der Waals surface area contributed by atoms with Crippen LogP contribution in [0.3, 0.4) is 0 Å². The summed E-state index contributed by atoms with van der Waals surface area (Å²) in [5.74, 6) is -2.03. The van der Waals surface area contributed by atoms with Crippen LogP contribution in [0.4, 0.5) is 0 Å². The lowest BCUT2D eigenvalue weighted by atomic mass is 10.5. The highest BCUT2D eigenvalue weighted by Crippen LogP contribution is 2.26. The van der Waals surface area contributed by atoms with Gasteiger partial charge in [0.2, 0.25) is 0 Å². The van der Waals surface area contributed by atoms with Crippen LogP contribution in [0, 0.1) is 11.3 Å². The molecule has 1 rings (SSSR count). The molecule has 1 fully saturated rings. The Morgan fingerprint density at radius 1 is 1.64 bits per heavy atom. The summed E-state index contributed by atoms with van der Waals surface area (Å²) in [6.07, 6.45) is 0. The van der Waals surface area contributed by atoms with Crippen molar-refractivity contribution in [2.45, 2.75) is 5.91 Å². The van der Waals surface area contributed by atoms with Crippen molar-refractivity contribution >= 4 is 10.4 Å². The molecule has 11 heavy (non-hydrogen) atoms. The molecule has 1 heterocycles. The number of aliphatic hydroxyl groups is 1. The second-order valence-corrected chi connectivity index (χ2v) is 2.79. The number of nitrogens with one attached hydrogen (secondary N) is 1. The maximum atomic E-state index is 10.2. The van der Waals surface area contributed by atoms with Gasteiger partial charge in [-0.25, -0.2) is 5.32 Å². The van der Waals surface area contributed by atoms with Gasteiger partial charge >= 0.3 is 16.3 Å². The van der Waals surface area contributed by atoms with Crippen LogP contribution in [0.25, 0.3) is 0 Å². The van der Waals surface area contributed by atoms with E-state index in [-0.39, 0.29) is 0 Å². The fourth-order valence-corrected chi connectivity index (χ4v) is 1.31. The van der Waals surface area contributed by atoms with Crippen LogP contribution < -0.4 is 5.32 Å². The molecule has 0 aliphatic carbocycles. The van der Waals surface area contributed by atoms with E-state index in [1.165, 1.54) is 6.07 Å². The second kappa shape index (κ2) is 2.40. The average molecular weight is 180 g/mol. The van der Waals surface area contributed by atoms with Gasteiger partial charge in [-0.2, -0.15) is 22.0 Å². The number of hydrogen-bond acceptors (Lipinski definition) is 7. The van der Waals surface area contributed by atoms with Crippen molar-refractivity contribution in [3.05, 3.63) is 0 Å². The molecule has 1 aliphatic rings. The molecule has 0 spiro atoms. The normalized spacial score (nSPS) is 25.1. The van der Waals surface area contributed by atoms with Crippen molar-refractivity contribution in [2.24, 2.45) is 0 Å². The van der Waals surface area contributed by atoms with E-state index in [0.29, 0.717) is 0 Å². The Morgan fingerprint density at radius 2 is 2.18 bits per heavy atom. The summed E-state index contributed by atoms with van der Waals surface area (Å²) in [5, 5.41) is 18.5. The summed E-state index contributed by atoms with van der Waals surface area (Å²) in [4.78, 5) is 0. The Morgan fingerprint density at radius 3 is 2.45 bits per heavy atom. The standard InChI is InChI=1S/C3H4N2O5S/c4-1-3(5-2-6)9-11(7,8)10-3/h5-6H,2H2. The molecular weight excluding hydrogens is 176 g/mol. The molecule has 0 aromatic carbocycles. The largest absolute Gasteiger partial charge is 0.409 e. The molecular formula is C3H4N2O5S. The Hall–Kier alpha value is -0.720. The first kappa shape index (κ1) is 8.38. The number of rotatable bonds is 2. The van der Waals surface area contributed by atoms with E-state index in [9.17, 15) is 8.42 Å². The summed E-state index contributed by atoms with van der Waals surface area (Å²) < 4.78 is 28.5. The molecule has 0 aromatic rings. The van der Waals surface area contributed by atoms with Crippen molar-refractivity contribution in [3.8, 4) is 6.07 Å². The lowest BCUT2D eigenvalue weighted by Crippen LogP contribution is -2.59. The molecule has 62 valence electrons. The molecule has 0 saturated carbocycles. The van der Waals surface area contributed by atoms with E-state index in [1.807, 2.05) is 5.32 Å². The topological polar surface area (TPSA) is 109 Å². The third-order valence-electron chi connectivity index (χ3n) is 0.898. The van der Waals surface area contributed by atoms with Gasteiger partial charge in [-0.3, -0.25) is 0 Å². The van der Waals surface area contributed by atoms with Crippen LogP contribution in [0.5, 0.6) is 0 Å². The summed E-state index contributed by atoms with van der Waals surface area (Å²) in [5.41, 5.74) is 0. The summed E-state index contributed by atoms with van der Waals surface area (Å²) in [6.45, 7) is -0.622. The first-order valence-corrected chi connectivity index (χ1v) is 3.80. The molecule has 0 unspecified atom stereocenters. The van der Waals surface area contributed by atoms with Crippen LogP contribution >= 0.6 is 0 Å². The lowest BCUT2D eigenvalue weighted by molar-refractivity contribution is -0.173. The minimum absolute atomic E-state index is 0.622. The van der Waals surface area contributed by atoms with Crippen molar-refractivity contribution in [1.82, 2.24) is 5.32 Å². The summed E-state index contributed by atoms with van der Waals surface area (Å²) in [6, 6.07) is 1.38. The maximum Gasteiger partial charge on any atom is 0.409 e. The van der Waals surface area contributed by atoms with Crippen molar-refractivity contribution in [2.75, 3.05) is 6.73 Å². The monoisotopic (exact) mass is 180 g/mol. The van der Waals surface area contributed by atoms with Gasteiger partial charge in [-0.1, -0.05) is 0 Å². The van der Waals surface area contributed by atoms with Gasteiger partial charge in [-0.15, -0.1) is 0 Å². The van der Waals surface area contributed by atoms with E-state index in [2.05, 4.69) is 8.37 Å². The number of hydrogen-bond donors (Lipinski definition) is 2. The first-order chi connectivity index (χ1) is 5.04. The molecule has 0 radical (unpaired) electrons. The van der Waals surface area contributed by atoms with Crippen LogP contribution in [0.2, 0.25) is 0 Å².